The lowest BCUT2D eigenvalue weighted by atomic mass is 10.1. The number of guanidine groups is 1. The molecule has 0 saturated heterocycles. The summed E-state index contributed by atoms with van der Waals surface area (Å²) in [5.41, 5.74) is 8.30. The standard InChI is InChI=1S/C20H28N4O/c1-24(2)13-14-25-19-10-6-9-18(15-19)16-23-20(21)22-12-11-17-7-4-3-5-8-17/h3-10,15H,11-14,16H2,1-2H3,(H3,21,22,23). The number of likely N-dealkylation sites (N-methyl/N-ethyl adjacent to an activating group) is 1. The minimum Gasteiger partial charge on any atom is -0.492 e. The number of rotatable bonds is 9. The maximum Gasteiger partial charge on any atom is 0.188 e. The van der Waals surface area contributed by atoms with Gasteiger partial charge in [-0.15, -0.1) is 0 Å². The van der Waals surface area contributed by atoms with E-state index < -0.39 is 0 Å². The zero-order chi connectivity index (χ0) is 17.9. The van der Waals surface area contributed by atoms with E-state index in [2.05, 4.69) is 27.3 Å². The van der Waals surface area contributed by atoms with Crippen molar-refractivity contribution in [2.24, 2.45) is 10.7 Å². The average Bonchev–Trinajstić information content (AvgIpc) is 2.61. The Hall–Kier alpha value is -2.53. The molecule has 0 amide bonds. The zero-order valence-electron chi connectivity index (χ0n) is 15.1. The maximum atomic E-state index is 5.94. The van der Waals surface area contributed by atoms with Crippen molar-refractivity contribution < 1.29 is 4.74 Å². The molecule has 25 heavy (non-hydrogen) atoms. The lowest BCUT2D eigenvalue weighted by Crippen LogP contribution is -2.33. The third-order valence-electron chi connectivity index (χ3n) is 3.70. The van der Waals surface area contributed by atoms with E-state index >= 15 is 0 Å². The Bertz CT molecular complexity index is 656. The Morgan fingerprint density at radius 2 is 1.84 bits per heavy atom. The minimum atomic E-state index is 0.467. The van der Waals surface area contributed by atoms with Crippen LogP contribution in [0.5, 0.6) is 5.75 Å². The maximum absolute atomic E-state index is 5.94. The van der Waals surface area contributed by atoms with Crippen molar-refractivity contribution >= 4 is 5.96 Å². The Kier molecular flexibility index (Phi) is 7.79. The lowest BCUT2D eigenvalue weighted by molar-refractivity contribution is 0.261. The summed E-state index contributed by atoms with van der Waals surface area (Å²) in [5, 5.41) is 3.15. The van der Waals surface area contributed by atoms with Crippen LogP contribution in [0, 0.1) is 0 Å². The van der Waals surface area contributed by atoms with E-state index in [1.165, 1.54) is 5.56 Å². The predicted molar refractivity (Wildman–Crippen MR) is 104 cm³/mol. The predicted octanol–water partition coefficient (Wildman–Crippen LogP) is 2.27. The van der Waals surface area contributed by atoms with Crippen LogP contribution >= 0.6 is 0 Å². The number of nitrogens with zero attached hydrogens (tertiary/aromatic N) is 2. The van der Waals surface area contributed by atoms with Gasteiger partial charge in [-0.3, -0.25) is 0 Å². The van der Waals surface area contributed by atoms with Crippen molar-refractivity contribution in [1.82, 2.24) is 10.2 Å². The van der Waals surface area contributed by atoms with Gasteiger partial charge in [0.25, 0.3) is 0 Å². The molecule has 0 aromatic heterocycles. The Balaban J connectivity index is 1.75. The normalized spacial score (nSPS) is 11.6. The second-order valence-electron chi connectivity index (χ2n) is 6.16. The molecule has 0 aliphatic carbocycles. The molecular weight excluding hydrogens is 312 g/mol. The van der Waals surface area contributed by atoms with Gasteiger partial charge in [-0.1, -0.05) is 42.5 Å². The molecule has 2 aromatic carbocycles. The molecule has 2 aromatic rings. The fourth-order valence-corrected chi connectivity index (χ4v) is 2.29. The topological polar surface area (TPSA) is 62.9 Å². The summed E-state index contributed by atoms with van der Waals surface area (Å²) in [4.78, 5) is 6.49. The number of hydrogen-bond donors (Lipinski definition) is 2. The Morgan fingerprint density at radius 3 is 2.60 bits per heavy atom. The highest BCUT2D eigenvalue weighted by Crippen LogP contribution is 2.14. The van der Waals surface area contributed by atoms with Gasteiger partial charge in [-0.25, -0.2) is 4.99 Å². The number of ether oxygens (including phenoxy) is 1. The van der Waals surface area contributed by atoms with E-state index in [1.54, 1.807) is 0 Å². The first-order valence-corrected chi connectivity index (χ1v) is 8.57. The SMILES string of the molecule is CN(C)CCOc1cccc(CN=C(N)NCCc2ccccc2)c1. The van der Waals surface area contributed by atoms with Gasteiger partial charge in [0.05, 0.1) is 6.54 Å². The van der Waals surface area contributed by atoms with Crippen molar-refractivity contribution in [2.75, 3.05) is 33.8 Å². The lowest BCUT2D eigenvalue weighted by Gasteiger charge is -2.11. The number of aliphatic imine (C=N–C) groups is 1. The fourth-order valence-electron chi connectivity index (χ4n) is 2.29. The van der Waals surface area contributed by atoms with Crippen LogP contribution in [0.4, 0.5) is 0 Å². The van der Waals surface area contributed by atoms with Crippen LogP contribution in [0.3, 0.4) is 0 Å². The number of hydrogen-bond acceptors (Lipinski definition) is 3. The molecule has 0 heterocycles. The van der Waals surface area contributed by atoms with Crippen molar-refractivity contribution in [3.8, 4) is 5.75 Å². The van der Waals surface area contributed by atoms with E-state index in [0.29, 0.717) is 19.1 Å². The zero-order valence-corrected chi connectivity index (χ0v) is 15.1. The van der Waals surface area contributed by atoms with E-state index in [-0.39, 0.29) is 0 Å². The number of nitrogens with two attached hydrogens (primary N) is 1. The molecular formula is C20H28N4O. The minimum absolute atomic E-state index is 0.467. The van der Waals surface area contributed by atoms with Gasteiger partial charge in [-0.05, 0) is 43.8 Å². The average molecular weight is 340 g/mol. The molecule has 0 aliphatic rings. The van der Waals surface area contributed by atoms with Crippen molar-refractivity contribution in [3.05, 3.63) is 65.7 Å². The van der Waals surface area contributed by atoms with Gasteiger partial charge in [0.1, 0.15) is 12.4 Å². The summed E-state index contributed by atoms with van der Waals surface area (Å²) in [6.07, 6.45) is 0.923. The van der Waals surface area contributed by atoms with Gasteiger partial charge in [-0.2, -0.15) is 0 Å². The molecule has 5 nitrogen and oxygen atoms in total. The van der Waals surface area contributed by atoms with Crippen LogP contribution < -0.4 is 15.8 Å². The van der Waals surface area contributed by atoms with Crippen LogP contribution in [0.25, 0.3) is 0 Å². The summed E-state index contributed by atoms with van der Waals surface area (Å²) in [5.74, 6) is 1.33. The quantitative estimate of drug-likeness (QED) is 0.543. The summed E-state index contributed by atoms with van der Waals surface area (Å²) in [6.45, 7) is 2.87. The molecule has 0 bridgehead atoms. The summed E-state index contributed by atoms with van der Waals surface area (Å²) < 4.78 is 5.74. The molecule has 0 aliphatic heterocycles. The molecule has 0 unspecified atom stereocenters. The first-order chi connectivity index (χ1) is 12.1. The fraction of sp³-hybridized carbons (Fsp3) is 0.350. The smallest absolute Gasteiger partial charge is 0.188 e. The van der Waals surface area contributed by atoms with Crippen LogP contribution in [0.1, 0.15) is 11.1 Å². The molecule has 134 valence electrons. The van der Waals surface area contributed by atoms with E-state index in [4.69, 9.17) is 10.5 Å². The van der Waals surface area contributed by atoms with Crippen molar-refractivity contribution in [1.29, 1.82) is 0 Å². The number of benzene rings is 2. The van der Waals surface area contributed by atoms with Gasteiger partial charge >= 0.3 is 0 Å². The second-order valence-corrected chi connectivity index (χ2v) is 6.16. The van der Waals surface area contributed by atoms with E-state index in [9.17, 15) is 0 Å². The molecule has 0 spiro atoms. The first-order valence-electron chi connectivity index (χ1n) is 8.57. The Labute approximate surface area is 150 Å². The third-order valence-corrected chi connectivity index (χ3v) is 3.70. The molecule has 5 heteroatoms. The first kappa shape index (κ1) is 18.8. The van der Waals surface area contributed by atoms with Crippen molar-refractivity contribution in [3.63, 3.8) is 0 Å². The number of nitrogens with one attached hydrogen (secondary N) is 1. The van der Waals surface area contributed by atoms with Crippen molar-refractivity contribution in [2.45, 2.75) is 13.0 Å². The molecule has 0 atom stereocenters. The highest BCUT2D eigenvalue weighted by Gasteiger charge is 1.99. The van der Waals surface area contributed by atoms with Gasteiger partial charge in [0, 0.05) is 13.1 Å². The largest absolute Gasteiger partial charge is 0.492 e. The third kappa shape index (κ3) is 7.72. The molecule has 0 fully saturated rings. The highest BCUT2D eigenvalue weighted by molar-refractivity contribution is 5.77. The Morgan fingerprint density at radius 1 is 1.08 bits per heavy atom. The molecule has 3 N–H and O–H groups in total. The van der Waals surface area contributed by atoms with Gasteiger partial charge in [0.2, 0.25) is 0 Å². The van der Waals surface area contributed by atoms with Gasteiger partial charge in [0.15, 0.2) is 5.96 Å². The molecule has 2 rings (SSSR count). The van der Waals surface area contributed by atoms with E-state index in [1.807, 2.05) is 56.6 Å². The van der Waals surface area contributed by atoms with Crippen LogP contribution in [0.2, 0.25) is 0 Å². The van der Waals surface area contributed by atoms with Crippen LogP contribution in [-0.4, -0.2) is 44.7 Å². The van der Waals surface area contributed by atoms with Crippen LogP contribution in [0.15, 0.2) is 59.6 Å². The summed E-state index contributed by atoms with van der Waals surface area (Å²) in [6, 6.07) is 18.3. The highest BCUT2D eigenvalue weighted by atomic mass is 16.5. The van der Waals surface area contributed by atoms with E-state index in [0.717, 1.165) is 30.8 Å². The second kappa shape index (κ2) is 10.4. The monoisotopic (exact) mass is 340 g/mol. The molecule has 0 saturated carbocycles. The summed E-state index contributed by atoms with van der Waals surface area (Å²) >= 11 is 0. The van der Waals surface area contributed by atoms with Gasteiger partial charge < -0.3 is 20.7 Å². The van der Waals surface area contributed by atoms with Crippen LogP contribution in [-0.2, 0) is 13.0 Å². The summed E-state index contributed by atoms with van der Waals surface area (Å²) in [7, 11) is 4.06. The molecule has 0 radical (unpaired) electrons.